The highest BCUT2D eigenvalue weighted by Crippen LogP contribution is 2.36. The Bertz CT molecular complexity index is 422. The summed E-state index contributed by atoms with van der Waals surface area (Å²) in [5.74, 6) is 1.03. The molecular formula is C16H25NO2S2. The first-order valence-corrected chi connectivity index (χ1v) is 9.45. The standard InChI is InChI=1S/C16H25NO2S2/c1-15(2,9-12-19-16(3,4)8-11-18)13-20-21-14-7-5-6-10-17-14/h5-7,10-11H,8-9,12-13H2,1-4H3. The summed E-state index contributed by atoms with van der Waals surface area (Å²) < 4.78 is 5.81. The summed E-state index contributed by atoms with van der Waals surface area (Å²) in [6.07, 6.45) is 4.16. The summed E-state index contributed by atoms with van der Waals surface area (Å²) >= 11 is 0. The van der Waals surface area contributed by atoms with E-state index in [1.807, 2.05) is 49.0 Å². The molecule has 0 aliphatic heterocycles. The van der Waals surface area contributed by atoms with E-state index in [-0.39, 0.29) is 11.0 Å². The molecular weight excluding hydrogens is 302 g/mol. The second kappa shape index (κ2) is 8.81. The van der Waals surface area contributed by atoms with Crippen molar-refractivity contribution in [1.82, 2.24) is 4.98 Å². The van der Waals surface area contributed by atoms with Gasteiger partial charge in [-0.05, 0) is 48.6 Å². The van der Waals surface area contributed by atoms with Crippen molar-refractivity contribution >= 4 is 27.9 Å². The highest BCUT2D eigenvalue weighted by atomic mass is 33.1. The fourth-order valence-electron chi connectivity index (χ4n) is 1.58. The van der Waals surface area contributed by atoms with Crippen LogP contribution in [0.1, 0.15) is 40.5 Å². The molecule has 1 aromatic heterocycles. The van der Waals surface area contributed by atoms with Crippen LogP contribution in [0.2, 0.25) is 0 Å². The van der Waals surface area contributed by atoms with Crippen molar-refractivity contribution in [3.05, 3.63) is 24.4 Å². The molecule has 0 radical (unpaired) electrons. The predicted octanol–water partition coefficient (Wildman–Crippen LogP) is 4.62. The minimum Gasteiger partial charge on any atom is -0.375 e. The summed E-state index contributed by atoms with van der Waals surface area (Å²) in [6.45, 7) is 9.09. The average Bonchev–Trinajstić information content (AvgIpc) is 2.39. The third-order valence-corrected chi connectivity index (χ3v) is 5.73. The molecule has 5 heteroatoms. The number of aromatic nitrogens is 1. The molecule has 0 saturated heterocycles. The van der Waals surface area contributed by atoms with Crippen molar-refractivity contribution in [2.24, 2.45) is 5.41 Å². The highest BCUT2D eigenvalue weighted by Gasteiger charge is 2.22. The lowest BCUT2D eigenvalue weighted by molar-refractivity contribution is -0.114. The van der Waals surface area contributed by atoms with Gasteiger partial charge in [0, 0.05) is 25.0 Å². The molecule has 0 aliphatic rings. The predicted molar refractivity (Wildman–Crippen MR) is 91.7 cm³/mol. The zero-order valence-corrected chi connectivity index (χ0v) is 14.9. The van der Waals surface area contributed by atoms with Crippen molar-refractivity contribution in [2.45, 2.75) is 51.2 Å². The minimum atomic E-state index is -0.353. The SMILES string of the molecule is CC(C)(CCOC(C)(C)CC=O)CSSc1ccccn1. The highest BCUT2D eigenvalue weighted by molar-refractivity contribution is 8.76. The third-order valence-electron chi connectivity index (χ3n) is 3.08. The Morgan fingerprint density at radius 3 is 2.67 bits per heavy atom. The number of hydrogen-bond acceptors (Lipinski definition) is 5. The lowest BCUT2D eigenvalue weighted by Crippen LogP contribution is -2.27. The van der Waals surface area contributed by atoms with E-state index in [1.165, 1.54) is 0 Å². The zero-order chi connectivity index (χ0) is 15.8. The Morgan fingerprint density at radius 2 is 2.05 bits per heavy atom. The average molecular weight is 328 g/mol. The number of pyridine rings is 1. The van der Waals surface area contributed by atoms with E-state index in [0.717, 1.165) is 23.5 Å². The zero-order valence-electron chi connectivity index (χ0n) is 13.3. The van der Waals surface area contributed by atoms with E-state index >= 15 is 0 Å². The molecule has 21 heavy (non-hydrogen) atoms. The van der Waals surface area contributed by atoms with Crippen molar-refractivity contribution in [1.29, 1.82) is 0 Å². The summed E-state index contributed by atoms with van der Waals surface area (Å²) in [4.78, 5) is 14.9. The molecule has 0 spiro atoms. The molecule has 1 aromatic rings. The molecule has 0 N–H and O–H groups in total. The molecule has 3 nitrogen and oxygen atoms in total. The van der Waals surface area contributed by atoms with E-state index in [2.05, 4.69) is 18.8 Å². The van der Waals surface area contributed by atoms with Crippen LogP contribution < -0.4 is 0 Å². The fourth-order valence-corrected chi connectivity index (χ4v) is 4.25. The van der Waals surface area contributed by atoms with Crippen LogP contribution in [0.15, 0.2) is 29.4 Å². The Hall–Kier alpha value is -0.520. The summed E-state index contributed by atoms with van der Waals surface area (Å²) in [5.41, 5.74) is -0.155. The van der Waals surface area contributed by atoms with Gasteiger partial charge in [-0.2, -0.15) is 0 Å². The molecule has 0 fully saturated rings. The summed E-state index contributed by atoms with van der Waals surface area (Å²) in [6, 6.07) is 5.96. The van der Waals surface area contributed by atoms with Gasteiger partial charge in [0.05, 0.1) is 5.60 Å². The molecule has 118 valence electrons. The Balaban J connectivity index is 2.25. The Morgan fingerprint density at radius 1 is 1.29 bits per heavy atom. The monoisotopic (exact) mass is 327 g/mol. The molecule has 0 aliphatic carbocycles. The number of hydrogen-bond donors (Lipinski definition) is 0. The Labute approximate surface area is 136 Å². The lowest BCUT2D eigenvalue weighted by atomic mass is 9.92. The Kier molecular flexibility index (Phi) is 7.77. The third kappa shape index (κ3) is 8.49. The largest absolute Gasteiger partial charge is 0.375 e. The van der Waals surface area contributed by atoms with Crippen LogP contribution in [0, 0.1) is 5.41 Å². The quantitative estimate of drug-likeness (QED) is 0.463. The maximum Gasteiger partial charge on any atom is 0.122 e. The van der Waals surface area contributed by atoms with E-state index < -0.39 is 0 Å². The molecule has 0 amide bonds. The van der Waals surface area contributed by atoms with E-state index in [4.69, 9.17) is 4.74 Å². The maximum absolute atomic E-state index is 10.6. The van der Waals surface area contributed by atoms with E-state index in [9.17, 15) is 4.79 Å². The van der Waals surface area contributed by atoms with Gasteiger partial charge >= 0.3 is 0 Å². The molecule has 0 aromatic carbocycles. The lowest BCUT2D eigenvalue weighted by Gasteiger charge is -2.28. The maximum atomic E-state index is 10.6. The van der Waals surface area contributed by atoms with Gasteiger partial charge in [-0.25, -0.2) is 4.98 Å². The van der Waals surface area contributed by atoms with Crippen LogP contribution >= 0.6 is 21.6 Å². The first kappa shape index (κ1) is 18.5. The molecule has 1 heterocycles. The van der Waals surface area contributed by atoms with E-state index in [0.29, 0.717) is 13.0 Å². The van der Waals surface area contributed by atoms with Gasteiger partial charge in [-0.1, -0.05) is 30.7 Å². The van der Waals surface area contributed by atoms with Crippen LogP contribution in [-0.4, -0.2) is 29.2 Å². The minimum absolute atomic E-state index is 0.198. The van der Waals surface area contributed by atoms with Crippen molar-refractivity contribution < 1.29 is 9.53 Å². The number of ether oxygens (including phenoxy) is 1. The topological polar surface area (TPSA) is 39.2 Å². The van der Waals surface area contributed by atoms with Gasteiger partial charge in [-0.3, -0.25) is 0 Å². The normalized spacial score (nSPS) is 12.4. The first-order chi connectivity index (χ1) is 9.85. The molecule has 0 saturated carbocycles. The van der Waals surface area contributed by atoms with Crippen molar-refractivity contribution in [3.8, 4) is 0 Å². The van der Waals surface area contributed by atoms with Gasteiger partial charge in [0.15, 0.2) is 0 Å². The fraction of sp³-hybridized carbons (Fsp3) is 0.625. The van der Waals surface area contributed by atoms with Gasteiger partial charge in [0.25, 0.3) is 0 Å². The number of carbonyl (C=O) groups excluding carboxylic acids is 1. The molecule has 0 atom stereocenters. The van der Waals surface area contributed by atoms with Crippen LogP contribution in [0.5, 0.6) is 0 Å². The number of nitrogens with zero attached hydrogens (tertiary/aromatic N) is 1. The summed E-state index contributed by atoms with van der Waals surface area (Å²) in [5, 5.41) is 1.04. The molecule has 0 unspecified atom stereocenters. The van der Waals surface area contributed by atoms with Crippen LogP contribution in [0.25, 0.3) is 0 Å². The van der Waals surface area contributed by atoms with Crippen LogP contribution in [-0.2, 0) is 9.53 Å². The first-order valence-electron chi connectivity index (χ1n) is 7.13. The van der Waals surface area contributed by atoms with Gasteiger partial charge < -0.3 is 9.53 Å². The smallest absolute Gasteiger partial charge is 0.122 e. The van der Waals surface area contributed by atoms with Crippen LogP contribution in [0.3, 0.4) is 0 Å². The van der Waals surface area contributed by atoms with Crippen LogP contribution in [0.4, 0.5) is 0 Å². The summed E-state index contributed by atoms with van der Waals surface area (Å²) in [7, 11) is 3.54. The second-order valence-electron chi connectivity index (χ2n) is 6.41. The van der Waals surface area contributed by atoms with Gasteiger partial charge in [-0.15, -0.1) is 0 Å². The van der Waals surface area contributed by atoms with Gasteiger partial charge in [0.2, 0.25) is 0 Å². The second-order valence-corrected chi connectivity index (χ2v) is 8.72. The number of rotatable bonds is 10. The molecule has 1 rings (SSSR count). The van der Waals surface area contributed by atoms with Crippen molar-refractivity contribution in [2.75, 3.05) is 12.4 Å². The van der Waals surface area contributed by atoms with Crippen molar-refractivity contribution in [3.63, 3.8) is 0 Å². The molecule has 0 bridgehead atoms. The number of aldehydes is 1. The van der Waals surface area contributed by atoms with Gasteiger partial charge in [0.1, 0.15) is 11.3 Å². The number of carbonyl (C=O) groups is 1. The van der Waals surface area contributed by atoms with E-state index in [1.54, 1.807) is 10.8 Å².